The summed E-state index contributed by atoms with van der Waals surface area (Å²) in [5, 5.41) is 0.661. The first-order chi connectivity index (χ1) is 16.4. The molecular formula is C25H17Cl2NO5S. The predicted octanol–water partition coefficient (Wildman–Crippen LogP) is 6.46. The van der Waals surface area contributed by atoms with Crippen molar-refractivity contribution < 1.29 is 23.9 Å². The molecular weight excluding hydrogens is 497 g/mol. The van der Waals surface area contributed by atoms with Crippen molar-refractivity contribution in [1.82, 2.24) is 4.90 Å². The number of halogens is 2. The summed E-state index contributed by atoms with van der Waals surface area (Å²) in [6.45, 7) is 0.121. The van der Waals surface area contributed by atoms with Crippen molar-refractivity contribution in [2.45, 2.75) is 6.54 Å². The molecule has 1 aliphatic rings. The van der Waals surface area contributed by atoms with Crippen LogP contribution in [-0.2, 0) is 11.3 Å². The number of carbonyl (C=O) groups excluding carboxylic acids is 3. The van der Waals surface area contributed by atoms with Gasteiger partial charge in [0.05, 0.1) is 24.1 Å². The fraction of sp³-hybridized carbons (Fsp3) is 0.0800. The summed E-state index contributed by atoms with van der Waals surface area (Å²) in [7, 11) is 1.44. The molecule has 6 nitrogen and oxygen atoms in total. The molecule has 0 bridgehead atoms. The Balaban J connectivity index is 1.61. The van der Waals surface area contributed by atoms with Crippen LogP contribution in [0.25, 0.3) is 6.08 Å². The van der Waals surface area contributed by atoms with Gasteiger partial charge in [0.15, 0.2) is 11.5 Å². The van der Waals surface area contributed by atoms with Gasteiger partial charge in [0.2, 0.25) is 0 Å². The molecule has 0 unspecified atom stereocenters. The minimum Gasteiger partial charge on any atom is -0.493 e. The highest BCUT2D eigenvalue weighted by Gasteiger charge is 2.35. The lowest BCUT2D eigenvalue weighted by Crippen LogP contribution is -2.27. The number of methoxy groups -OCH3 is 1. The third-order valence-electron chi connectivity index (χ3n) is 4.92. The van der Waals surface area contributed by atoms with Gasteiger partial charge in [0, 0.05) is 15.6 Å². The summed E-state index contributed by atoms with van der Waals surface area (Å²) in [5.74, 6) is -0.625. The Morgan fingerprint density at radius 1 is 0.971 bits per heavy atom. The van der Waals surface area contributed by atoms with E-state index in [1.165, 1.54) is 13.2 Å². The molecule has 1 saturated heterocycles. The van der Waals surface area contributed by atoms with E-state index in [9.17, 15) is 14.4 Å². The second-order valence-electron chi connectivity index (χ2n) is 7.17. The molecule has 0 radical (unpaired) electrons. The Morgan fingerprint density at radius 3 is 2.26 bits per heavy atom. The molecule has 3 aromatic carbocycles. The van der Waals surface area contributed by atoms with Crippen LogP contribution >= 0.6 is 35.0 Å². The third kappa shape index (κ3) is 5.28. The fourth-order valence-corrected chi connectivity index (χ4v) is 4.29. The average molecular weight is 514 g/mol. The molecule has 0 aromatic heterocycles. The number of hydrogen-bond donors (Lipinski definition) is 0. The van der Waals surface area contributed by atoms with Crippen LogP contribution in [0.3, 0.4) is 0 Å². The summed E-state index contributed by atoms with van der Waals surface area (Å²) in [5.41, 5.74) is 1.48. The van der Waals surface area contributed by atoms with E-state index in [0.717, 1.165) is 22.2 Å². The molecule has 4 rings (SSSR count). The number of para-hydroxylation sites is 1. The number of nitrogens with zero attached hydrogens (tertiary/aromatic N) is 1. The number of carbonyl (C=O) groups is 3. The van der Waals surface area contributed by atoms with Gasteiger partial charge in [-0.25, -0.2) is 4.79 Å². The molecule has 34 heavy (non-hydrogen) atoms. The topological polar surface area (TPSA) is 72.9 Å². The van der Waals surface area contributed by atoms with Crippen molar-refractivity contribution in [2.75, 3.05) is 7.11 Å². The van der Waals surface area contributed by atoms with Crippen LogP contribution in [0.1, 0.15) is 21.5 Å². The number of hydrogen-bond acceptors (Lipinski definition) is 6. The van der Waals surface area contributed by atoms with Crippen LogP contribution < -0.4 is 9.47 Å². The lowest BCUT2D eigenvalue weighted by atomic mass is 10.1. The maximum atomic E-state index is 13.0. The van der Waals surface area contributed by atoms with E-state index >= 15 is 0 Å². The Hall–Kier alpha value is -3.26. The van der Waals surface area contributed by atoms with Crippen molar-refractivity contribution in [3.05, 3.63) is 98.4 Å². The highest BCUT2D eigenvalue weighted by molar-refractivity contribution is 8.18. The van der Waals surface area contributed by atoms with E-state index in [0.29, 0.717) is 26.9 Å². The molecule has 2 amide bonds. The van der Waals surface area contributed by atoms with Gasteiger partial charge in [-0.05, 0) is 65.9 Å². The maximum Gasteiger partial charge on any atom is 0.343 e. The van der Waals surface area contributed by atoms with Gasteiger partial charge in [-0.3, -0.25) is 14.5 Å². The SMILES string of the molecule is COc1cccc(/C=C2\SC(=O)N(Cc3ccc(Cl)cc3)C2=O)c1OC(=O)c1ccc(Cl)cc1. The van der Waals surface area contributed by atoms with Gasteiger partial charge in [0.1, 0.15) is 0 Å². The Labute approximate surface area is 210 Å². The summed E-state index contributed by atoms with van der Waals surface area (Å²) < 4.78 is 11.0. The molecule has 1 heterocycles. The molecule has 0 N–H and O–H groups in total. The standard InChI is InChI=1S/C25H17Cl2NO5S/c1-32-20-4-2-3-17(22(20)33-24(30)16-7-11-19(27)12-8-16)13-21-23(29)28(25(31)34-21)14-15-5-9-18(26)10-6-15/h2-13H,14H2,1H3/b21-13-. The van der Waals surface area contributed by atoms with Gasteiger partial charge >= 0.3 is 5.97 Å². The summed E-state index contributed by atoms with van der Waals surface area (Å²) in [6, 6.07) is 18.2. The maximum absolute atomic E-state index is 13.0. The lowest BCUT2D eigenvalue weighted by Gasteiger charge is -2.13. The van der Waals surface area contributed by atoms with E-state index in [1.807, 2.05) is 0 Å². The minimum atomic E-state index is -0.619. The number of rotatable bonds is 6. The van der Waals surface area contributed by atoms with Crippen molar-refractivity contribution >= 4 is 58.2 Å². The summed E-state index contributed by atoms with van der Waals surface area (Å²) in [4.78, 5) is 39.6. The van der Waals surface area contributed by atoms with Crippen LogP contribution in [-0.4, -0.2) is 29.1 Å². The molecule has 1 aliphatic heterocycles. The monoisotopic (exact) mass is 513 g/mol. The second-order valence-corrected chi connectivity index (χ2v) is 9.04. The predicted molar refractivity (Wildman–Crippen MR) is 132 cm³/mol. The van der Waals surface area contributed by atoms with Gasteiger partial charge < -0.3 is 9.47 Å². The number of benzene rings is 3. The summed E-state index contributed by atoms with van der Waals surface area (Å²) >= 11 is 12.6. The zero-order chi connectivity index (χ0) is 24.2. The molecule has 1 fully saturated rings. The van der Waals surface area contributed by atoms with Crippen molar-refractivity contribution in [1.29, 1.82) is 0 Å². The molecule has 0 atom stereocenters. The number of ether oxygens (including phenoxy) is 2. The number of amides is 2. The largest absolute Gasteiger partial charge is 0.493 e. The highest BCUT2D eigenvalue weighted by atomic mass is 35.5. The van der Waals surface area contributed by atoms with E-state index in [-0.39, 0.29) is 17.2 Å². The average Bonchev–Trinajstić information content (AvgIpc) is 3.09. The van der Waals surface area contributed by atoms with Crippen LogP contribution in [0.5, 0.6) is 11.5 Å². The normalized spacial score (nSPS) is 14.6. The molecule has 3 aromatic rings. The lowest BCUT2D eigenvalue weighted by molar-refractivity contribution is -0.123. The molecule has 0 spiro atoms. The van der Waals surface area contributed by atoms with Crippen molar-refractivity contribution in [3.8, 4) is 11.5 Å². The van der Waals surface area contributed by atoms with E-state index < -0.39 is 17.1 Å². The van der Waals surface area contributed by atoms with Gasteiger partial charge in [-0.1, -0.05) is 47.5 Å². The molecule has 0 aliphatic carbocycles. The van der Waals surface area contributed by atoms with Gasteiger partial charge in [-0.2, -0.15) is 0 Å². The first-order valence-corrected chi connectivity index (χ1v) is 11.6. The Morgan fingerprint density at radius 2 is 1.62 bits per heavy atom. The zero-order valence-electron chi connectivity index (χ0n) is 17.8. The zero-order valence-corrected chi connectivity index (χ0v) is 20.1. The second kappa shape index (κ2) is 10.3. The molecule has 9 heteroatoms. The minimum absolute atomic E-state index is 0.121. The first kappa shape index (κ1) is 23.9. The van der Waals surface area contributed by atoms with Crippen LogP contribution in [0.15, 0.2) is 71.6 Å². The smallest absolute Gasteiger partial charge is 0.343 e. The van der Waals surface area contributed by atoms with Crippen LogP contribution in [0, 0.1) is 0 Å². The van der Waals surface area contributed by atoms with Crippen molar-refractivity contribution in [3.63, 3.8) is 0 Å². The van der Waals surface area contributed by atoms with Crippen molar-refractivity contribution in [2.24, 2.45) is 0 Å². The highest BCUT2D eigenvalue weighted by Crippen LogP contribution is 2.38. The third-order valence-corrected chi connectivity index (χ3v) is 6.33. The van der Waals surface area contributed by atoms with Crippen LogP contribution in [0.4, 0.5) is 4.79 Å². The number of imide groups is 1. The van der Waals surface area contributed by atoms with E-state index in [2.05, 4.69) is 0 Å². The number of thioether (sulfide) groups is 1. The Kier molecular flexibility index (Phi) is 7.26. The molecule has 0 saturated carbocycles. The number of esters is 1. The van der Waals surface area contributed by atoms with E-state index in [1.54, 1.807) is 66.7 Å². The van der Waals surface area contributed by atoms with Gasteiger partial charge in [0.25, 0.3) is 11.1 Å². The van der Waals surface area contributed by atoms with E-state index in [4.69, 9.17) is 32.7 Å². The van der Waals surface area contributed by atoms with Crippen LogP contribution in [0.2, 0.25) is 10.0 Å². The Bertz CT molecular complexity index is 1290. The quantitative estimate of drug-likeness (QED) is 0.214. The molecule has 172 valence electrons. The fourth-order valence-electron chi connectivity index (χ4n) is 3.20. The summed E-state index contributed by atoms with van der Waals surface area (Å²) in [6.07, 6.45) is 1.51. The van der Waals surface area contributed by atoms with Gasteiger partial charge in [-0.15, -0.1) is 0 Å². The first-order valence-electron chi connectivity index (χ1n) is 10.0.